The predicted octanol–water partition coefficient (Wildman–Crippen LogP) is 4.88. The lowest BCUT2D eigenvalue weighted by Gasteiger charge is -2.17. The van der Waals surface area contributed by atoms with Crippen LogP contribution in [0.2, 0.25) is 0 Å². The number of rotatable bonds is 8. The summed E-state index contributed by atoms with van der Waals surface area (Å²) in [7, 11) is 1.68. The van der Waals surface area contributed by atoms with Gasteiger partial charge in [0.15, 0.2) is 0 Å². The first-order valence-corrected chi connectivity index (χ1v) is 10.2. The van der Waals surface area contributed by atoms with Crippen molar-refractivity contribution in [1.29, 1.82) is 0 Å². The summed E-state index contributed by atoms with van der Waals surface area (Å²) in [5.41, 5.74) is 3.65. The molecule has 2 aromatic rings. The van der Waals surface area contributed by atoms with E-state index in [-0.39, 0.29) is 5.91 Å². The molecule has 4 heteroatoms. The number of amides is 1. The van der Waals surface area contributed by atoms with Gasteiger partial charge in [0.1, 0.15) is 11.5 Å². The van der Waals surface area contributed by atoms with E-state index < -0.39 is 0 Å². The predicted molar refractivity (Wildman–Crippen MR) is 112 cm³/mol. The van der Waals surface area contributed by atoms with Gasteiger partial charge in [0.2, 0.25) is 5.91 Å². The Bertz CT molecular complexity index is 785. The summed E-state index contributed by atoms with van der Waals surface area (Å²) in [6.07, 6.45) is 3.40. The third-order valence-electron chi connectivity index (χ3n) is 5.51. The maximum atomic E-state index is 12.5. The van der Waals surface area contributed by atoms with Crippen LogP contribution in [0.3, 0.4) is 0 Å². The highest BCUT2D eigenvalue weighted by atomic mass is 16.5. The number of aryl methyl sites for hydroxylation is 2. The normalized spacial score (nSPS) is 16.2. The zero-order valence-electron chi connectivity index (χ0n) is 17.2. The van der Waals surface area contributed by atoms with Crippen LogP contribution >= 0.6 is 0 Å². The first-order chi connectivity index (χ1) is 13.6. The number of benzene rings is 2. The molecule has 1 unspecified atom stereocenters. The molecule has 0 aromatic heterocycles. The van der Waals surface area contributed by atoms with Gasteiger partial charge in [-0.3, -0.25) is 4.79 Å². The molecule has 1 atom stereocenters. The fraction of sp³-hybridized carbons (Fsp3) is 0.458. The van der Waals surface area contributed by atoms with E-state index in [0.29, 0.717) is 18.9 Å². The van der Waals surface area contributed by atoms with Gasteiger partial charge in [-0.1, -0.05) is 24.3 Å². The summed E-state index contributed by atoms with van der Waals surface area (Å²) >= 11 is 0. The third kappa shape index (κ3) is 5.28. The standard InChI is InChI=1S/C24H31NO3/c1-18-7-8-19(2)23(16-18)28-15-5-4-6-24(26)25-14-13-21(17-25)20-9-11-22(27-3)12-10-20/h7-12,16,21H,4-6,13-15,17H2,1-3H3. The van der Waals surface area contributed by atoms with Crippen molar-refractivity contribution in [3.05, 3.63) is 59.2 Å². The van der Waals surface area contributed by atoms with Crippen molar-refractivity contribution >= 4 is 5.91 Å². The van der Waals surface area contributed by atoms with Crippen molar-refractivity contribution in [3.8, 4) is 11.5 Å². The Morgan fingerprint density at radius 2 is 1.89 bits per heavy atom. The van der Waals surface area contributed by atoms with E-state index in [1.54, 1.807) is 7.11 Å². The van der Waals surface area contributed by atoms with E-state index in [0.717, 1.165) is 49.4 Å². The quantitative estimate of drug-likeness (QED) is 0.612. The van der Waals surface area contributed by atoms with Crippen LogP contribution in [0.15, 0.2) is 42.5 Å². The van der Waals surface area contributed by atoms with Crippen molar-refractivity contribution in [2.75, 3.05) is 26.8 Å². The molecule has 0 aliphatic carbocycles. The Kier molecular flexibility index (Phi) is 6.96. The summed E-state index contributed by atoms with van der Waals surface area (Å²) in [6, 6.07) is 14.5. The van der Waals surface area contributed by atoms with Crippen LogP contribution in [-0.4, -0.2) is 37.6 Å². The van der Waals surface area contributed by atoms with Crippen LogP contribution in [0, 0.1) is 13.8 Å². The Hall–Kier alpha value is -2.49. The third-order valence-corrected chi connectivity index (χ3v) is 5.51. The minimum Gasteiger partial charge on any atom is -0.497 e. The van der Waals surface area contributed by atoms with Gasteiger partial charge in [0.25, 0.3) is 0 Å². The van der Waals surface area contributed by atoms with Gasteiger partial charge in [-0.05, 0) is 68.0 Å². The molecule has 1 saturated heterocycles. The van der Waals surface area contributed by atoms with Crippen molar-refractivity contribution in [3.63, 3.8) is 0 Å². The number of carbonyl (C=O) groups excluding carboxylic acids is 1. The molecular weight excluding hydrogens is 350 g/mol. The molecule has 1 aliphatic heterocycles. The number of likely N-dealkylation sites (tertiary alicyclic amines) is 1. The zero-order chi connectivity index (χ0) is 19.9. The number of methoxy groups -OCH3 is 1. The molecule has 0 spiro atoms. The maximum Gasteiger partial charge on any atom is 0.222 e. The zero-order valence-corrected chi connectivity index (χ0v) is 17.2. The lowest BCUT2D eigenvalue weighted by atomic mass is 9.98. The van der Waals surface area contributed by atoms with Crippen molar-refractivity contribution < 1.29 is 14.3 Å². The molecule has 0 bridgehead atoms. The molecule has 2 aromatic carbocycles. The SMILES string of the molecule is COc1ccc(C2CCN(C(=O)CCCCOc3cc(C)ccc3C)C2)cc1. The van der Waals surface area contributed by atoms with Crippen molar-refractivity contribution in [1.82, 2.24) is 4.90 Å². The Morgan fingerprint density at radius 3 is 2.64 bits per heavy atom. The van der Waals surface area contributed by atoms with Gasteiger partial charge in [-0.15, -0.1) is 0 Å². The van der Waals surface area contributed by atoms with Crippen LogP contribution in [0.5, 0.6) is 11.5 Å². The number of carbonyl (C=O) groups is 1. The van der Waals surface area contributed by atoms with Crippen molar-refractivity contribution in [2.24, 2.45) is 0 Å². The minimum absolute atomic E-state index is 0.266. The molecule has 3 rings (SSSR count). The second kappa shape index (κ2) is 9.63. The highest BCUT2D eigenvalue weighted by Gasteiger charge is 2.26. The van der Waals surface area contributed by atoms with Crippen molar-refractivity contribution in [2.45, 2.75) is 45.4 Å². The lowest BCUT2D eigenvalue weighted by Crippen LogP contribution is -2.28. The summed E-state index contributed by atoms with van der Waals surface area (Å²) < 4.78 is 11.1. The van der Waals surface area contributed by atoms with Crippen LogP contribution < -0.4 is 9.47 Å². The van der Waals surface area contributed by atoms with Gasteiger partial charge < -0.3 is 14.4 Å². The molecule has 0 radical (unpaired) electrons. The maximum absolute atomic E-state index is 12.5. The number of unbranched alkanes of at least 4 members (excludes halogenated alkanes) is 1. The fourth-order valence-electron chi connectivity index (χ4n) is 3.72. The molecule has 4 nitrogen and oxygen atoms in total. The van der Waals surface area contributed by atoms with E-state index in [1.165, 1.54) is 11.1 Å². The molecule has 150 valence electrons. The first kappa shape index (κ1) is 20.2. The van der Waals surface area contributed by atoms with E-state index in [1.807, 2.05) is 17.0 Å². The Balaban J connectivity index is 1.37. The molecule has 28 heavy (non-hydrogen) atoms. The van der Waals surface area contributed by atoms with Crippen LogP contribution in [0.4, 0.5) is 0 Å². The van der Waals surface area contributed by atoms with Crippen LogP contribution in [0.25, 0.3) is 0 Å². The topological polar surface area (TPSA) is 38.8 Å². The van der Waals surface area contributed by atoms with Gasteiger partial charge in [-0.25, -0.2) is 0 Å². The number of hydrogen-bond donors (Lipinski definition) is 0. The molecule has 0 saturated carbocycles. The Labute approximate surface area is 168 Å². The smallest absolute Gasteiger partial charge is 0.222 e. The summed E-state index contributed by atoms with van der Waals surface area (Å²) in [4.78, 5) is 14.5. The molecular formula is C24H31NO3. The fourth-order valence-corrected chi connectivity index (χ4v) is 3.72. The number of nitrogens with zero attached hydrogens (tertiary/aromatic N) is 1. The van der Waals surface area contributed by atoms with Gasteiger partial charge in [-0.2, -0.15) is 0 Å². The van der Waals surface area contributed by atoms with Gasteiger partial charge in [0, 0.05) is 25.4 Å². The average molecular weight is 382 g/mol. The highest BCUT2D eigenvalue weighted by molar-refractivity contribution is 5.76. The van der Waals surface area contributed by atoms with Gasteiger partial charge >= 0.3 is 0 Å². The summed E-state index contributed by atoms with van der Waals surface area (Å²) in [5.74, 6) is 2.52. The lowest BCUT2D eigenvalue weighted by molar-refractivity contribution is -0.130. The molecule has 1 heterocycles. The monoisotopic (exact) mass is 381 g/mol. The first-order valence-electron chi connectivity index (χ1n) is 10.2. The highest BCUT2D eigenvalue weighted by Crippen LogP contribution is 2.29. The average Bonchev–Trinajstić information content (AvgIpc) is 3.20. The molecule has 1 aliphatic rings. The largest absolute Gasteiger partial charge is 0.497 e. The van der Waals surface area contributed by atoms with E-state index in [2.05, 4.69) is 44.2 Å². The summed E-state index contributed by atoms with van der Waals surface area (Å²) in [6.45, 7) is 6.47. The second-order valence-electron chi connectivity index (χ2n) is 7.67. The van der Waals surface area contributed by atoms with E-state index in [9.17, 15) is 4.79 Å². The summed E-state index contributed by atoms with van der Waals surface area (Å²) in [5, 5.41) is 0. The van der Waals surface area contributed by atoms with E-state index in [4.69, 9.17) is 9.47 Å². The number of hydrogen-bond acceptors (Lipinski definition) is 3. The number of ether oxygens (including phenoxy) is 2. The van der Waals surface area contributed by atoms with Crippen LogP contribution in [-0.2, 0) is 4.79 Å². The Morgan fingerprint density at radius 1 is 1.11 bits per heavy atom. The second-order valence-corrected chi connectivity index (χ2v) is 7.67. The minimum atomic E-state index is 0.266. The van der Waals surface area contributed by atoms with Gasteiger partial charge in [0.05, 0.1) is 13.7 Å². The molecule has 1 fully saturated rings. The molecule has 1 amide bonds. The molecule has 0 N–H and O–H groups in total. The van der Waals surface area contributed by atoms with Crippen LogP contribution in [0.1, 0.15) is 48.3 Å². The van der Waals surface area contributed by atoms with E-state index >= 15 is 0 Å².